The van der Waals surface area contributed by atoms with Crippen LogP contribution in [0.15, 0.2) is 97.3 Å². The maximum Gasteiger partial charge on any atom is 2.00 e. The third kappa shape index (κ3) is 3.59. The molecule has 6 rings (SSSR count). The third-order valence-electron chi connectivity index (χ3n) is 4.81. The number of fused-ring (bicyclic) bond motifs is 6. The van der Waals surface area contributed by atoms with Crippen LogP contribution in [0.1, 0.15) is 0 Å². The number of benzene rings is 4. The molecule has 3 heteroatoms. The Bertz CT molecular complexity index is 1210. The van der Waals surface area contributed by atoms with Gasteiger partial charge in [0.2, 0.25) is 0 Å². The van der Waals surface area contributed by atoms with Crippen LogP contribution in [0.4, 0.5) is 0 Å². The van der Waals surface area contributed by atoms with Crippen LogP contribution in [0.25, 0.3) is 43.4 Å². The van der Waals surface area contributed by atoms with Crippen LogP contribution in [-0.2, 0) is 0 Å². The van der Waals surface area contributed by atoms with Gasteiger partial charge in [-0.2, -0.15) is 0 Å². The molecule has 0 atom stereocenters. The van der Waals surface area contributed by atoms with Crippen molar-refractivity contribution in [2.45, 2.75) is 0 Å². The van der Waals surface area contributed by atoms with Gasteiger partial charge in [0.15, 0.2) is 0 Å². The second kappa shape index (κ2) is 8.18. The van der Waals surface area contributed by atoms with Crippen molar-refractivity contribution in [3.8, 4) is 0 Å². The van der Waals surface area contributed by atoms with Crippen LogP contribution in [-0.4, -0.2) is 20.1 Å². The molecular weight excluding hydrogens is 349 g/mol. The van der Waals surface area contributed by atoms with Gasteiger partial charge in [0.05, 0.1) is 0 Å². The van der Waals surface area contributed by atoms with Gasteiger partial charge in [-0.15, -0.1) is 70.1 Å². The van der Waals surface area contributed by atoms with Gasteiger partial charge in [-0.05, 0) is 33.9 Å². The van der Waals surface area contributed by atoms with E-state index in [4.69, 9.17) is 0 Å². The fraction of sp³-hybridized carbons (Fsp3) is 0. The predicted molar refractivity (Wildman–Crippen MR) is 122 cm³/mol. The predicted octanol–water partition coefficient (Wildman–Crippen LogP) is 6.00. The number of aromatic nitrogens is 2. The number of nitrogens with zero attached hydrogens (tertiary/aromatic N) is 2. The summed E-state index contributed by atoms with van der Waals surface area (Å²) in [6.45, 7) is 0. The summed E-state index contributed by atoms with van der Waals surface area (Å²) in [5.41, 5.74) is 2.07. The zero-order chi connectivity index (χ0) is 18.8. The van der Waals surface area contributed by atoms with Crippen molar-refractivity contribution < 1.29 is 0 Å². The molecular formula is C26H16BeN2. The minimum Gasteiger partial charge on any atom is -0.304 e. The minimum atomic E-state index is 0. The molecule has 0 aliphatic carbocycles. The van der Waals surface area contributed by atoms with Gasteiger partial charge in [-0.1, -0.05) is 36.4 Å². The molecule has 4 aromatic carbocycles. The zero-order valence-electron chi connectivity index (χ0n) is 15.8. The number of hydrogen-bond acceptors (Lipinski definition) is 2. The van der Waals surface area contributed by atoms with Crippen LogP contribution < -0.4 is 0 Å². The Morgan fingerprint density at radius 1 is 0.483 bits per heavy atom. The van der Waals surface area contributed by atoms with E-state index < -0.39 is 0 Å². The summed E-state index contributed by atoms with van der Waals surface area (Å²) in [7, 11) is 0. The van der Waals surface area contributed by atoms with Crippen molar-refractivity contribution in [3.05, 3.63) is 109 Å². The summed E-state index contributed by atoms with van der Waals surface area (Å²) < 4.78 is 0. The summed E-state index contributed by atoms with van der Waals surface area (Å²) in [4.78, 5) is 8.76. The topological polar surface area (TPSA) is 25.8 Å². The Kier molecular flexibility index (Phi) is 5.28. The van der Waals surface area contributed by atoms with Crippen LogP contribution in [0.5, 0.6) is 0 Å². The second-order valence-electron chi connectivity index (χ2n) is 6.55. The van der Waals surface area contributed by atoms with Crippen molar-refractivity contribution in [3.63, 3.8) is 0 Å². The van der Waals surface area contributed by atoms with Gasteiger partial charge in [-0.3, -0.25) is 0 Å². The Hall–Kier alpha value is -3.61. The molecule has 0 unspecified atom stereocenters. The Labute approximate surface area is 173 Å². The number of rotatable bonds is 0. The summed E-state index contributed by atoms with van der Waals surface area (Å²) in [6.07, 6.45) is 3.64. The van der Waals surface area contributed by atoms with Gasteiger partial charge >= 0.3 is 10.1 Å². The minimum absolute atomic E-state index is 0. The van der Waals surface area contributed by atoms with Gasteiger partial charge in [0.25, 0.3) is 0 Å². The van der Waals surface area contributed by atoms with Crippen LogP contribution in [0, 0.1) is 12.1 Å². The van der Waals surface area contributed by atoms with Gasteiger partial charge in [-0.25, -0.2) is 0 Å². The van der Waals surface area contributed by atoms with Crippen LogP contribution in [0.3, 0.4) is 0 Å². The molecule has 0 radical (unpaired) electrons. The molecule has 0 saturated carbocycles. The first-order valence-corrected chi connectivity index (χ1v) is 9.18. The van der Waals surface area contributed by atoms with Crippen LogP contribution in [0.2, 0.25) is 0 Å². The average Bonchev–Trinajstić information content (AvgIpc) is 2.79. The Morgan fingerprint density at radius 3 is 1.38 bits per heavy atom. The Balaban J connectivity index is 0.000000137. The third-order valence-corrected chi connectivity index (χ3v) is 4.81. The SMILES string of the molecule is [Be+2].[c-]1cccc2ccc3cccnc3c12.[c-]1cccc2ccc3cccnc3c12. The first-order chi connectivity index (χ1) is 13.9. The largest absolute Gasteiger partial charge is 2.00 e. The first-order valence-electron chi connectivity index (χ1n) is 9.18. The summed E-state index contributed by atoms with van der Waals surface area (Å²) in [5.74, 6) is 0. The first kappa shape index (κ1) is 18.7. The summed E-state index contributed by atoms with van der Waals surface area (Å²) in [6, 6.07) is 34.9. The van der Waals surface area contributed by atoms with E-state index in [9.17, 15) is 0 Å². The molecule has 0 bridgehead atoms. The fourth-order valence-corrected chi connectivity index (χ4v) is 3.47. The smallest absolute Gasteiger partial charge is 0.304 e. The van der Waals surface area contributed by atoms with E-state index in [0.717, 1.165) is 21.8 Å². The normalized spacial score (nSPS) is 10.5. The van der Waals surface area contributed by atoms with E-state index in [0.29, 0.717) is 0 Å². The maximum atomic E-state index is 4.38. The van der Waals surface area contributed by atoms with Crippen molar-refractivity contribution >= 4 is 53.5 Å². The van der Waals surface area contributed by atoms with E-state index in [1.54, 1.807) is 0 Å². The summed E-state index contributed by atoms with van der Waals surface area (Å²) in [5, 5.41) is 6.93. The quantitative estimate of drug-likeness (QED) is 0.188. The molecule has 0 spiro atoms. The van der Waals surface area contributed by atoms with E-state index in [1.165, 1.54) is 21.5 Å². The molecule has 6 aromatic rings. The molecule has 29 heavy (non-hydrogen) atoms. The molecule has 0 aliphatic heterocycles. The molecule has 132 valence electrons. The van der Waals surface area contributed by atoms with Crippen LogP contribution >= 0.6 is 0 Å². The number of pyridine rings is 2. The zero-order valence-corrected chi connectivity index (χ0v) is 15.8. The van der Waals surface area contributed by atoms with Gasteiger partial charge in [0, 0.05) is 12.4 Å². The molecule has 0 amide bonds. The van der Waals surface area contributed by atoms with E-state index in [1.807, 2.05) is 48.8 Å². The summed E-state index contributed by atoms with van der Waals surface area (Å²) >= 11 is 0. The Morgan fingerprint density at radius 2 is 0.897 bits per heavy atom. The van der Waals surface area contributed by atoms with Crippen molar-refractivity contribution in [2.75, 3.05) is 0 Å². The molecule has 0 fully saturated rings. The molecule has 2 aromatic heterocycles. The fourth-order valence-electron chi connectivity index (χ4n) is 3.47. The van der Waals surface area contributed by atoms with E-state index >= 15 is 0 Å². The standard InChI is InChI=1S/2C13H8N.Be/c2*1-2-6-12-10(4-1)7-8-11-5-3-9-14-13(11)12;/h2*1-5,7-9H;/q2*-1;+2. The molecule has 2 heterocycles. The van der Waals surface area contributed by atoms with Gasteiger partial charge in [0.1, 0.15) is 0 Å². The average molecular weight is 365 g/mol. The number of hydrogen-bond donors (Lipinski definition) is 0. The molecule has 0 aliphatic rings. The molecule has 0 N–H and O–H groups in total. The molecule has 2 nitrogen and oxygen atoms in total. The van der Waals surface area contributed by atoms with Crippen molar-refractivity contribution in [2.24, 2.45) is 0 Å². The van der Waals surface area contributed by atoms with Gasteiger partial charge < -0.3 is 9.97 Å². The maximum absolute atomic E-state index is 4.38. The van der Waals surface area contributed by atoms with E-state index in [2.05, 4.69) is 70.6 Å². The monoisotopic (exact) mass is 365 g/mol. The molecule has 0 saturated heterocycles. The van der Waals surface area contributed by atoms with Crippen molar-refractivity contribution in [1.82, 2.24) is 9.97 Å². The van der Waals surface area contributed by atoms with E-state index in [-0.39, 0.29) is 10.1 Å². The van der Waals surface area contributed by atoms with Crippen molar-refractivity contribution in [1.29, 1.82) is 0 Å². The second-order valence-corrected chi connectivity index (χ2v) is 6.55.